The Morgan fingerprint density at radius 3 is 2.93 bits per heavy atom. The van der Waals surface area contributed by atoms with Crippen LogP contribution in [0.3, 0.4) is 0 Å². The molecule has 7 heteroatoms. The fraction of sp³-hybridized carbons (Fsp3) is 0.476. The van der Waals surface area contributed by atoms with Crippen molar-refractivity contribution in [3.8, 4) is 0 Å². The molecular weight excluding hydrogens is 372 g/mol. The van der Waals surface area contributed by atoms with Gasteiger partial charge < -0.3 is 4.74 Å². The third-order valence-electron chi connectivity index (χ3n) is 4.61. The highest BCUT2D eigenvalue weighted by Crippen LogP contribution is 2.16. The van der Waals surface area contributed by atoms with Crippen LogP contribution in [0.4, 0.5) is 5.13 Å². The summed E-state index contributed by atoms with van der Waals surface area (Å²) in [6.07, 6.45) is 7.31. The van der Waals surface area contributed by atoms with Gasteiger partial charge in [0.2, 0.25) is 5.13 Å². The molecule has 1 fully saturated rings. The number of hydrogen-bond acceptors (Lipinski definition) is 7. The lowest BCUT2D eigenvalue weighted by molar-refractivity contribution is -0.142. The normalized spacial score (nSPS) is 15.5. The number of ether oxygens (including phenoxy) is 1. The fourth-order valence-corrected chi connectivity index (χ4v) is 3.94. The van der Waals surface area contributed by atoms with Crippen molar-refractivity contribution in [1.29, 1.82) is 0 Å². The molecular formula is C21H28N4O2S. The SMILES string of the molecule is CCOC(=O)Cc1csc(NN=Cc2cccc(CN3CCCCCC3)c2)n1. The molecule has 1 aromatic heterocycles. The smallest absolute Gasteiger partial charge is 0.311 e. The van der Waals surface area contributed by atoms with Gasteiger partial charge in [0.15, 0.2) is 0 Å². The molecule has 1 aliphatic heterocycles. The topological polar surface area (TPSA) is 66.8 Å². The Morgan fingerprint density at radius 2 is 2.14 bits per heavy atom. The number of esters is 1. The molecule has 1 N–H and O–H groups in total. The Bertz CT molecular complexity index is 782. The predicted octanol–water partition coefficient (Wildman–Crippen LogP) is 4.07. The largest absolute Gasteiger partial charge is 0.466 e. The highest BCUT2D eigenvalue weighted by Gasteiger charge is 2.10. The number of carbonyl (C=O) groups excluding carboxylic acids is 1. The Balaban J connectivity index is 1.51. The molecule has 0 spiro atoms. The third kappa shape index (κ3) is 6.73. The number of aromatic nitrogens is 1. The van der Waals surface area contributed by atoms with Crippen LogP contribution < -0.4 is 5.43 Å². The van der Waals surface area contributed by atoms with E-state index in [-0.39, 0.29) is 12.4 Å². The number of anilines is 1. The van der Waals surface area contributed by atoms with Crippen molar-refractivity contribution in [1.82, 2.24) is 9.88 Å². The highest BCUT2D eigenvalue weighted by molar-refractivity contribution is 7.13. The van der Waals surface area contributed by atoms with Crippen molar-refractivity contribution in [3.63, 3.8) is 0 Å². The van der Waals surface area contributed by atoms with Gasteiger partial charge in [-0.05, 0) is 50.0 Å². The molecule has 0 atom stereocenters. The van der Waals surface area contributed by atoms with E-state index in [4.69, 9.17) is 4.74 Å². The number of nitrogens with zero attached hydrogens (tertiary/aromatic N) is 3. The van der Waals surface area contributed by atoms with Gasteiger partial charge in [-0.2, -0.15) is 5.10 Å². The van der Waals surface area contributed by atoms with Gasteiger partial charge in [-0.25, -0.2) is 4.98 Å². The predicted molar refractivity (Wildman–Crippen MR) is 114 cm³/mol. The molecule has 0 unspecified atom stereocenters. The zero-order valence-corrected chi connectivity index (χ0v) is 17.2. The van der Waals surface area contributed by atoms with Crippen molar-refractivity contribution >= 4 is 28.7 Å². The number of rotatable bonds is 8. The molecule has 1 aromatic carbocycles. The maximum absolute atomic E-state index is 11.5. The van der Waals surface area contributed by atoms with Gasteiger partial charge in [-0.1, -0.05) is 31.0 Å². The van der Waals surface area contributed by atoms with E-state index in [9.17, 15) is 4.79 Å². The summed E-state index contributed by atoms with van der Waals surface area (Å²) in [5.74, 6) is -0.260. The minimum absolute atomic E-state index is 0.189. The first-order chi connectivity index (χ1) is 13.7. The van der Waals surface area contributed by atoms with Crippen LogP contribution in [-0.4, -0.2) is 41.8 Å². The van der Waals surface area contributed by atoms with Crippen LogP contribution in [0.5, 0.6) is 0 Å². The van der Waals surface area contributed by atoms with E-state index < -0.39 is 0 Å². The summed E-state index contributed by atoms with van der Waals surface area (Å²) in [7, 11) is 0. The summed E-state index contributed by atoms with van der Waals surface area (Å²) in [6.45, 7) is 5.56. The fourth-order valence-electron chi connectivity index (χ4n) is 3.29. The van der Waals surface area contributed by atoms with Crippen molar-refractivity contribution < 1.29 is 9.53 Å². The molecule has 2 aromatic rings. The summed E-state index contributed by atoms with van der Waals surface area (Å²) in [5.41, 5.74) is 6.01. The van der Waals surface area contributed by atoms with Crippen molar-refractivity contribution in [2.75, 3.05) is 25.1 Å². The molecule has 6 nitrogen and oxygen atoms in total. The van der Waals surface area contributed by atoms with Gasteiger partial charge in [-0.15, -0.1) is 11.3 Å². The molecule has 150 valence electrons. The number of hydrogen-bond donors (Lipinski definition) is 1. The lowest BCUT2D eigenvalue weighted by atomic mass is 10.1. The lowest BCUT2D eigenvalue weighted by Gasteiger charge is -2.19. The van der Waals surface area contributed by atoms with Crippen LogP contribution in [0.15, 0.2) is 34.7 Å². The molecule has 0 amide bonds. The maximum Gasteiger partial charge on any atom is 0.311 e. The van der Waals surface area contributed by atoms with Crippen LogP contribution in [-0.2, 0) is 22.5 Å². The van der Waals surface area contributed by atoms with Crippen LogP contribution in [0.2, 0.25) is 0 Å². The number of hydrazone groups is 1. The van der Waals surface area contributed by atoms with Gasteiger partial charge in [0.05, 0.1) is 24.9 Å². The van der Waals surface area contributed by atoms with E-state index in [1.54, 1.807) is 13.1 Å². The molecule has 1 aliphatic rings. The maximum atomic E-state index is 11.5. The summed E-state index contributed by atoms with van der Waals surface area (Å²) in [4.78, 5) is 18.4. The average Bonchev–Trinajstić information content (AvgIpc) is 2.95. The van der Waals surface area contributed by atoms with E-state index in [2.05, 4.69) is 38.6 Å². The standard InChI is InChI=1S/C21H28N4O2S/c1-2-27-20(26)13-19-16-28-21(23-19)24-22-14-17-8-7-9-18(12-17)15-25-10-5-3-4-6-11-25/h7-9,12,14,16H,2-6,10-11,13,15H2,1H3,(H,23,24). The molecule has 1 saturated heterocycles. The second kappa shape index (κ2) is 10.9. The monoisotopic (exact) mass is 400 g/mol. The Hall–Kier alpha value is -2.25. The van der Waals surface area contributed by atoms with E-state index in [0.29, 0.717) is 17.4 Å². The summed E-state index contributed by atoms with van der Waals surface area (Å²) in [5, 5.41) is 6.79. The summed E-state index contributed by atoms with van der Waals surface area (Å²) < 4.78 is 4.94. The van der Waals surface area contributed by atoms with Crippen molar-refractivity contribution in [2.24, 2.45) is 5.10 Å². The Kier molecular flexibility index (Phi) is 7.99. The molecule has 2 heterocycles. The van der Waals surface area contributed by atoms with Crippen molar-refractivity contribution in [3.05, 3.63) is 46.5 Å². The van der Waals surface area contributed by atoms with Crippen molar-refractivity contribution in [2.45, 2.75) is 45.6 Å². The van der Waals surface area contributed by atoms with Gasteiger partial charge >= 0.3 is 5.97 Å². The quantitative estimate of drug-likeness (QED) is 0.411. The second-order valence-corrected chi connectivity index (χ2v) is 7.79. The van der Waals surface area contributed by atoms with Crippen LogP contribution in [0.1, 0.15) is 49.4 Å². The number of likely N-dealkylation sites (tertiary alicyclic amines) is 1. The number of benzene rings is 1. The molecule has 0 saturated carbocycles. The van der Waals surface area contributed by atoms with Gasteiger partial charge in [0, 0.05) is 11.9 Å². The van der Waals surface area contributed by atoms with Crippen LogP contribution >= 0.6 is 11.3 Å². The third-order valence-corrected chi connectivity index (χ3v) is 5.41. The minimum atomic E-state index is -0.260. The molecule has 0 aliphatic carbocycles. The first kappa shape index (κ1) is 20.5. The minimum Gasteiger partial charge on any atom is -0.466 e. The van der Waals surface area contributed by atoms with Crippen LogP contribution in [0, 0.1) is 0 Å². The molecule has 3 rings (SSSR count). The highest BCUT2D eigenvalue weighted by atomic mass is 32.1. The Morgan fingerprint density at radius 1 is 1.32 bits per heavy atom. The summed E-state index contributed by atoms with van der Waals surface area (Å²) in [6, 6.07) is 8.49. The second-order valence-electron chi connectivity index (χ2n) is 6.93. The lowest BCUT2D eigenvalue weighted by Crippen LogP contribution is -2.23. The number of nitrogens with one attached hydrogen (secondary N) is 1. The van der Waals surface area contributed by atoms with Gasteiger partial charge in [-0.3, -0.25) is 15.1 Å². The van der Waals surface area contributed by atoms with E-state index in [1.165, 1.54) is 55.7 Å². The first-order valence-corrected chi connectivity index (χ1v) is 10.8. The zero-order valence-electron chi connectivity index (χ0n) is 16.4. The molecule has 0 bridgehead atoms. The Labute approximate surface area is 170 Å². The van der Waals surface area contributed by atoms with Gasteiger partial charge in [0.1, 0.15) is 0 Å². The summed E-state index contributed by atoms with van der Waals surface area (Å²) >= 11 is 1.42. The van der Waals surface area contributed by atoms with Crippen LogP contribution in [0.25, 0.3) is 0 Å². The number of carbonyl (C=O) groups is 1. The zero-order chi connectivity index (χ0) is 19.6. The van der Waals surface area contributed by atoms with E-state index in [0.717, 1.165) is 12.1 Å². The van der Waals surface area contributed by atoms with E-state index in [1.807, 2.05) is 11.4 Å². The average molecular weight is 401 g/mol. The van der Waals surface area contributed by atoms with E-state index >= 15 is 0 Å². The van der Waals surface area contributed by atoms with Gasteiger partial charge in [0.25, 0.3) is 0 Å². The first-order valence-electron chi connectivity index (χ1n) is 9.93. The molecule has 0 radical (unpaired) electrons. The molecule has 28 heavy (non-hydrogen) atoms. The number of thiazole rings is 1.